The number of likely N-dealkylation sites (N-methyl/N-ethyl adjacent to an activating group) is 1. The van der Waals surface area contributed by atoms with Crippen molar-refractivity contribution in [1.29, 1.82) is 5.26 Å². The van der Waals surface area contributed by atoms with Gasteiger partial charge in [-0.25, -0.2) is 0 Å². The standard InChI is InChI=1S/C27H36N6/c1-7-10-24(33-14-13-32(6)19(3)18-33)15-26-25(8-2)21(5)30-31-27(26)29-17-23-12-9-11-22(16-28)20(23)4/h8-12,15,19H,7,13-14,17-18H2,1-6H3,(H,29,31)/b24-10-,25-8-,26-15+. The molecule has 1 aliphatic heterocycles. The Labute approximate surface area is 197 Å². The third kappa shape index (κ3) is 5.61. The Kier molecular flexibility index (Phi) is 8.24. The van der Waals surface area contributed by atoms with Crippen LogP contribution in [0, 0.1) is 25.2 Å². The van der Waals surface area contributed by atoms with Crippen molar-refractivity contribution in [3.05, 3.63) is 62.8 Å². The normalized spacial score (nSPS) is 18.5. The Balaban J connectivity index is 2.03. The number of aromatic nitrogens is 2. The van der Waals surface area contributed by atoms with Gasteiger partial charge in [-0.1, -0.05) is 31.2 Å². The maximum atomic E-state index is 9.36. The lowest BCUT2D eigenvalue weighted by Gasteiger charge is -2.39. The number of aryl methyl sites for hydroxylation is 1. The van der Waals surface area contributed by atoms with E-state index in [4.69, 9.17) is 0 Å². The summed E-state index contributed by atoms with van der Waals surface area (Å²) >= 11 is 0. The van der Waals surface area contributed by atoms with Crippen LogP contribution < -0.4 is 15.8 Å². The summed E-state index contributed by atoms with van der Waals surface area (Å²) < 4.78 is 0. The molecule has 1 saturated heterocycles. The summed E-state index contributed by atoms with van der Waals surface area (Å²) in [5.74, 6) is 0.764. The summed E-state index contributed by atoms with van der Waals surface area (Å²) in [6.45, 7) is 14.2. The smallest absolute Gasteiger partial charge is 0.156 e. The molecule has 1 aromatic carbocycles. The Morgan fingerprint density at radius 1 is 1.24 bits per heavy atom. The summed E-state index contributed by atoms with van der Waals surface area (Å²) in [6.07, 6.45) is 7.65. The number of hydrogen-bond donors (Lipinski definition) is 1. The van der Waals surface area contributed by atoms with Crippen LogP contribution in [0.3, 0.4) is 0 Å². The van der Waals surface area contributed by atoms with E-state index in [0.29, 0.717) is 18.2 Å². The molecule has 0 spiro atoms. The van der Waals surface area contributed by atoms with Crippen molar-refractivity contribution in [2.24, 2.45) is 0 Å². The predicted octanol–water partition coefficient (Wildman–Crippen LogP) is 3.09. The van der Waals surface area contributed by atoms with Crippen LogP contribution in [-0.2, 0) is 6.54 Å². The lowest BCUT2D eigenvalue weighted by atomic mass is 10.0. The highest BCUT2D eigenvalue weighted by Gasteiger charge is 2.21. The van der Waals surface area contributed by atoms with Crippen molar-refractivity contribution in [3.63, 3.8) is 0 Å². The highest BCUT2D eigenvalue weighted by atomic mass is 15.3. The van der Waals surface area contributed by atoms with Gasteiger partial charge in [-0.15, -0.1) is 5.10 Å². The minimum Gasteiger partial charge on any atom is -0.369 e. The average Bonchev–Trinajstić information content (AvgIpc) is 2.81. The molecule has 1 aliphatic rings. The highest BCUT2D eigenvalue weighted by Crippen LogP contribution is 2.16. The predicted molar refractivity (Wildman–Crippen MR) is 136 cm³/mol. The molecule has 2 aromatic rings. The second kappa shape index (κ2) is 11.1. The summed E-state index contributed by atoms with van der Waals surface area (Å²) in [5.41, 5.74) is 4.94. The lowest BCUT2D eigenvalue weighted by molar-refractivity contribution is 0.134. The van der Waals surface area contributed by atoms with Gasteiger partial charge in [-0.2, -0.15) is 10.4 Å². The average molecular weight is 445 g/mol. The highest BCUT2D eigenvalue weighted by molar-refractivity contribution is 5.55. The second-order valence-electron chi connectivity index (χ2n) is 8.76. The Morgan fingerprint density at radius 3 is 2.70 bits per heavy atom. The molecular weight excluding hydrogens is 408 g/mol. The molecule has 1 atom stereocenters. The molecule has 0 bridgehead atoms. The van der Waals surface area contributed by atoms with Gasteiger partial charge >= 0.3 is 0 Å². The number of allylic oxidation sites excluding steroid dienone is 2. The van der Waals surface area contributed by atoms with E-state index in [0.717, 1.165) is 59.1 Å². The van der Waals surface area contributed by atoms with Crippen LogP contribution in [0.25, 0.3) is 12.2 Å². The minimum atomic E-state index is 0.509. The number of rotatable bonds is 6. The summed E-state index contributed by atoms with van der Waals surface area (Å²) in [4.78, 5) is 4.89. The SMILES string of the molecule is C/C=c1/c(C)nnc(NCc2cccc(C#N)c2C)/c1=C/C(=C/CC)N1CCN(C)C(C)C1. The molecule has 0 amide bonds. The fourth-order valence-electron chi connectivity index (χ4n) is 4.29. The van der Waals surface area contributed by atoms with E-state index in [-0.39, 0.29) is 0 Å². The minimum absolute atomic E-state index is 0.509. The van der Waals surface area contributed by atoms with Gasteiger partial charge in [0, 0.05) is 48.4 Å². The number of nitrogens with one attached hydrogen (secondary N) is 1. The monoisotopic (exact) mass is 444 g/mol. The fourth-order valence-corrected chi connectivity index (χ4v) is 4.29. The van der Waals surface area contributed by atoms with Gasteiger partial charge in [-0.05, 0) is 64.4 Å². The molecule has 2 heterocycles. The van der Waals surface area contributed by atoms with Crippen molar-refractivity contribution in [2.75, 3.05) is 32.0 Å². The number of benzene rings is 1. The first-order chi connectivity index (χ1) is 15.9. The van der Waals surface area contributed by atoms with Gasteiger partial charge < -0.3 is 15.1 Å². The number of nitrogens with zero attached hydrogens (tertiary/aromatic N) is 5. The van der Waals surface area contributed by atoms with Crippen LogP contribution in [0.4, 0.5) is 5.82 Å². The van der Waals surface area contributed by atoms with Crippen molar-refractivity contribution < 1.29 is 0 Å². The Hall–Kier alpha value is -3.17. The molecule has 0 aliphatic carbocycles. The van der Waals surface area contributed by atoms with E-state index in [1.807, 2.05) is 32.9 Å². The number of nitriles is 1. The molecule has 174 valence electrons. The Bertz CT molecular complexity index is 1170. The molecule has 1 unspecified atom stereocenters. The molecule has 1 fully saturated rings. The second-order valence-corrected chi connectivity index (χ2v) is 8.76. The van der Waals surface area contributed by atoms with E-state index >= 15 is 0 Å². The zero-order chi connectivity index (χ0) is 24.0. The summed E-state index contributed by atoms with van der Waals surface area (Å²) in [7, 11) is 2.19. The molecule has 3 rings (SSSR count). The molecule has 0 radical (unpaired) electrons. The Morgan fingerprint density at radius 2 is 2.03 bits per heavy atom. The third-order valence-electron chi connectivity index (χ3n) is 6.57. The first-order valence-corrected chi connectivity index (χ1v) is 11.8. The van der Waals surface area contributed by atoms with Crippen LogP contribution in [0.1, 0.15) is 49.6 Å². The van der Waals surface area contributed by atoms with Gasteiger partial charge in [0.2, 0.25) is 0 Å². The molecule has 1 N–H and O–H groups in total. The van der Waals surface area contributed by atoms with Gasteiger partial charge in [-0.3, -0.25) is 0 Å². The molecule has 0 saturated carbocycles. The number of anilines is 1. The van der Waals surface area contributed by atoms with E-state index in [2.05, 4.69) is 76.6 Å². The molecular formula is C27H36N6. The van der Waals surface area contributed by atoms with Gasteiger partial charge in [0.15, 0.2) is 5.82 Å². The molecule has 33 heavy (non-hydrogen) atoms. The number of hydrogen-bond acceptors (Lipinski definition) is 6. The van der Waals surface area contributed by atoms with Crippen LogP contribution in [0.2, 0.25) is 0 Å². The van der Waals surface area contributed by atoms with Crippen molar-refractivity contribution in [3.8, 4) is 6.07 Å². The van der Waals surface area contributed by atoms with Crippen LogP contribution >= 0.6 is 0 Å². The van der Waals surface area contributed by atoms with E-state index < -0.39 is 0 Å². The first kappa shape index (κ1) is 24.5. The van der Waals surface area contributed by atoms with Crippen molar-refractivity contribution in [1.82, 2.24) is 20.0 Å². The van der Waals surface area contributed by atoms with Crippen LogP contribution in [0.5, 0.6) is 0 Å². The van der Waals surface area contributed by atoms with E-state index in [1.165, 1.54) is 5.70 Å². The quantitative estimate of drug-likeness (QED) is 0.739. The van der Waals surface area contributed by atoms with Crippen molar-refractivity contribution in [2.45, 2.75) is 53.6 Å². The molecule has 6 nitrogen and oxygen atoms in total. The zero-order valence-corrected chi connectivity index (χ0v) is 20.8. The summed E-state index contributed by atoms with van der Waals surface area (Å²) in [5, 5.41) is 24.0. The van der Waals surface area contributed by atoms with Crippen molar-refractivity contribution >= 4 is 18.0 Å². The van der Waals surface area contributed by atoms with Gasteiger partial charge in [0.05, 0.1) is 17.3 Å². The van der Waals surface area contributed by atoms with E-state index in [1.54, 1.807) is 0 Å². The third-order valence-corrected chi connectivity index (χ3v) is 6.57. The first-order valence-electron chi connectivity index (χ1n) is 11.8. The maximum absolute atomic E-state index is 9.36. The largest absolute Gasteiger partial charge is 0.369 e. The molecule has 6 heteroatoms. The lowest BCUT2D eigenvalue weighted by Crippen LogP contribution is -2.49. The zero-order valence-electron chi connectivity index (χ0n) is 20.8. The number of piperazine rings is 1. The fraction of sp³-hybridized carbons (Fsp3) is 0.444. The summed E-state index contributed by atoms with van der Waals surface area (Å²) in [6, 6.07) is 8.61. The topological polar surface area (TPSA) is 68.1 Å². The van der Waals surface area contributed by atoms with E-state index in [9.17, 15) is 5.26 Å². The van der Waals surface area contributed by atoms with Gasteiger partial charge in [0.1, 0.15) is 0 Å². The molecule has 1 aromatic heterocycles. The van der Waals surface area contributed by atoms with Gasteiger partial charge in [0.25, 0.3) is 0 Å². The van der Waals surface area contributed by atoms with Crippen LogP contribution in [-0.4, -0.2) is 52.7 Å². The maximum Gasteiger partial charge on any atom is 0.156 e. The van der Waals surface area contributed by atoms with Crippen LogP contribution in [0.15, 0.2) is 30.0 Å².